The number of rotatable bonds is 5. The first-order chi connectivity index (χ1) is 9.77. The van der Waals surface area contributed by atoms with E-state index in [1.807, 2.05) is 6.92 Å². The van der Waals surface area contributed by atoms with Crippen molar-refractivity contribution in [3.05, 3.63) is 17.7 Å². The number of hydrogen-bond donors (Lipinski definition) is 1. The molecule has 8 heteroatoms. The van der Waals surface area contributed by atoms with Crippen molar-refractivity contribution in [1.82, 2.24) is 5.32 Å². The Hall–Kier alpha value is -1.47. The van der Waals surface area contributed by atoms with Gasteiger partial charge in [-0.25, -0.2) is 8.42 Å². The number of nitrogens with one attached hydrogen (secondary N) is 1. The molecular formula is C13H16ClNO5S. The van der Waals surface area contributed by atoms with E-state index in [1.165, 1.54) is 26.4 Å². The average Bonchev–Trinajstić information content (AvgIpc) is 3.11. The summed E-state index contributed by atoms with van der Waals surface area (Å²) in [5.74, 6) is 0.175. The number of halogens is 1. The first-order valence-electron chi connectivity index (χ1n) is 6.29. The third-order valence-electron chi connectivity index (χ3n) is 3.40. The maximum atomic E-state index is 12.1. The minimum Gasteiger partial charge on any atom is -0.493 e. The van der Waals surface area contributed by atoms with E-state index in [2.05, 4.69) is 5.32 Å². The fraction of sp³-hybridized carbons (Fsp3) is 0.462. The Morgan fingerprint density at radius 2 is 1.95 bits per heavy atom. The molecule has 0 radical (unpaired) electrons. The summed E-state index contributed by atoms with van der Waals surface area (Å²) in [5, 5.41) is 2.81. The molecule has 0 aliphatic heterocycles. The second-order valence-electron chi connectivity index (χ2n) is 4.94. The molecule has 0 heterocycles. The van der Waals surface area contributed by atoms with E-state index in [4.69, 9.17) is 20.2 Å². The van der Waals surface area contributed by atoms with Gasteiger partial charge in [0.25, 0.3) is 15.0 Å². The van der Waals surface area contributed by atoms with Gasteiger partial charge >= 0.3 is 0 Å². The summed E-state index contributed by atoms with van der Waals surface area (Å²) in [4.78, 5) is 11.9. The van der Waals surface area contributed by atoms with E-state index >= 15 is 0 Å². The molecule has 1 aliphatic carbocycles. The maximum Gasteiger partial charge on any atom is 0.265 e. The maximum absolute atomic E-state index is 12.1. The quantitative estimate of drug-likeness (QED) is 0.830. The monoisotopic (exact) mass is 333 g/mol. The number of carbonyl (C=O) groups excluding carboxylic acids is 1. The van der Waals surface area contributed by atoms with Gasteiger partial charge in [0.05, 0.1) is 14.2 Å². The summed E-state index contributed by atoms with van der Waals surface area (Å²) >= 11 is 0. The number of amides is 1. The molecule has 1 aromatic carbocycles. The van der Waals surface area contributed by atoms with Gasteiger partial charge < -0.3 is 14.8 Å². The molecule has 1 fully saturated rings. The topological polar surface area (TPSA) is 81.7 Å². The molecule has 1 N–H and O–H groups in total. The lowest BCUT2D eigenvalue weighted by molar-refractivity contribution is 0.0948. The highest BCUT2D eigenvalue weighted by molar-refractivity contribution is 8.13. The predicted molar refractivity (Wildman–Crippen MR) is 77.6 cm³/mol. The van der Waals surface area contributed by atoms with Crippen LogP contribution in [0.1, 0.15) is 23.7 Å². The van der Waals surface area contributed by atoms with Crippen LogP contribution in [0.3, 0.4) is 0 Å². The molecule has 0 saturated heterocycles. The van der Waals surface area contributed by atoms with Gasteiger partial charge in [-0.3, -0.25) is 4.79 Å². The Balaban J connectivity index is 2.45. The zero-order chi connectivity index (χ0) is 15.8. The molecule has 1 aliphatic rings. The number of hydrogen-bond acceptors (Lipinski definition) is 5. The molecular weight excluding hydrogens is 318 g/mol. The highest BCUT2D eigenvalue weighted by Gasteiger charge is 2.34. The van der Waals surface area contributed by atoms with Crippen molar-refractivity contribution in [2.24, 2.45) is 5.92 Å². The van der Waals surface area contributed by atoms with Crippen molar-refractivity contribution < 1.29 is 22.7 Å². The van der Waals surface area contributed by atoms with E-state index in [9.17, 15) is 13.2 Å². The second kappa shape index (κ2) is 5.73. The third kappa shape index (κ3) is 3.41. The normalized spacial score (nSPS) is 20.8. The van der Waals surface area contributed by atoms with Crippen molar-refractivity contribution >= 4 is 25.6 Å². The lowest BCUT2D eigenvalue weighted by atomic mass is 10.2. The first kappa shape index (κ1) is 15.9. The van der Waals surface area contributed by atoms with Crippen LogP contribution in [-0.2, 0) is 9.05 Å². The van der Waals surface area contributed by atoms with Gasteiger partial charge in [-0.1, -0.05) is 6.92 Å². The summed E-state index contributed by atoms with van der Waals surface area (Å²) in [6, 6.07) is 2.74. The number of benzene rings is 1. The van der Waals surface area contributed by atoms with Crippen molar-refractivity contribution in [2.45, 2.75) is 24.3 Å². The van der Waals surface area contributed by atoms with Gasteiger partial charge in [0.2, 0.25) is 0 Å². The van der Waals surface area contributed by atoms with Gasteiger partial charge in [-0.15, -0.1) is 0 Å². The molecule has 1 aromatic rings. The Bertz CT molecular complexity index is 673. The van der Waals surface area contributed by atoms with E-state index in [0.29, 0.717) is 5.92 Å². The Labute approximate surface area is 127 Å². The van der Waals surface area contributed by atoms with Crippen LogP contribution in [0.5, 0.6) is 11.5 Å². The second-order valence-corrected chi connectivity index (χ2v) is 7.48. The smallest absolute Gasteiger partial charge is 0.265 e. The van der Waals surface area contributed by atoms with Crippen LogP contribution >= 0.6 is 10.7 Å². The lowest BCUT2D eigenvalue weighted by Gasteiger charge is -2.13. The summed E-state index contributed by atoms with van der Waals surface area (Å²) in [7, 11) is 3.98. The van der Waals surface area contributed by atoms with Crippen LogP contribution in [0.15, 0.2) is 17.0 Å². The van der Waals surface area contributed by atoms with Crippen LogP contribution in [0, 0.1) is 5.92 Å². The Kier molecular flexibility index (Phi) is 4.34. The van der Waals surface area contributed by atoms with E-state index in [-0.39, 0.29) is 33.9 Å². The van der Waals surface area contributed by atoms with Crippen molar-refractivity contribution in [2.75, 3.05) is 14.2 Å². The Morgan fingerprint density at radius 3 is 2.38 bits per heavy atom. The summed E-state index contributed by atoms with van der Waals surface area (Å²) in [5.41, 5.74) is 0.158. The van der Waals surface area contributed by atoms with Gasteiger partial charge in [-0.05, 0) is 24.5 Å². The van der Waals surface area contributed by atoms with Gasteiger partial charge in [-0.2, -0.15) is 0 Å². The van der Waals surface area contributed by atoms with Gasteiger partial charge in [0, 0.05) is 22.3 Å². The summed E-state index contributed by atoms with van der Waals surface area (Å²) < 4.78 is 33.4. The van der Waals surface area contributed by atoms with Crippen LogP contribution in [0.4, 0.5) is 0 Å². The molecule has 2 atom stereocenters. The molecule has 1 saturated carbocycles. The lowest BCUT2D eigenvalue weighted by Crippen LogP contribution is -2.26. The van der Waals surface area contributed by atoms with Gasteiger partial charge in [0.15, 0.2) is 11.5 Å². The van der Waals surface area contributed by atoms with E-state index in [1.54, 1.807) is 0 Å². The number of carbonyl (C=O) groups is 1. The number of methoxy groups -OCH3 is 2. The Morgan fingerprint density at radius 1 is 1.33 bits per heavy atom. The fourth-order valence-corrected chi connectivity index (χ4v) is 3.03. The van der Waals surface area contributed by atoms with Crippen molar-refractivity contribution in [3.8, 4) is 11.5 Å². The fourth-order valence-electron chi connectivity index (χ4n) is 2.02. The highest BCUT2D eigenvalue weighted by atomic mass is 35.7. The number of ether oxygens (including phenoxy) is 2. The standard InChI is InChI=1S/C13H16ClNO5S/c1-7-4-9(7)15-13(16)8-5-10(19-2)12(20-3)11(6-8)21(14,17)18/h5-7,9H,4H2,1-3H3,(H,15,16). The molecule has 0 spiro atoms. The van der Waals surface area contributed by atoms with E-state index < -0.39 is 9.05 Å². The summed E-state index contributed by atoms with van der Waals surface area (Å²) in [6.07, 6.45) is 0.916. The molecule has 116 valence electrons. The first-order valence-corrected chi connectivity index (χ1v) is 8.60. The average molecular weight is 334 g/mol. The molecule has 1 amide bonds. The molecule has 6 nitrogen and oxygen atoms in total. The molecule has 21 heavy (non-hydrogen) atoms. The van der Waals surface area contributed by atoms with E-state index in [0.717, 1.165) is 6.42 Å². The minimum absolute atomic E-state index is 0.0242. The molecule has 2 unspecified atom stereocenters. The largest absolute Gasteiger partial charge is 0.493 e. The zero-order valence-electron chi connectivity index (χ0n) is 11.8. The van der Waals surface area contributed by atoms with Crippen molar-refractivity contribution in [3.63, 3.8) is 0 Å². The van der Waals surface area contributed by atoms with Crippen LogP contribution in [-0.4, -0.2) is 34.6 Å². The van der Waals surface area contributed by atoms with Crippen LogP contribution in [0.2, 0.25) is 0 Å². The zero-order valence-corrected chi connectivity index (χ0v) is 13.4. The SMILES string of the molecule is COc1cc(C(=O)NC2CC2C)cc(S(=O)(=O)Cl)c1OC. The van der Waals surface area contributed by atoms with Crippen molar-refractivity contribution in [1.29, 1.82) is 0 Å². The van der Waals surface area contributed by atoms with Gasteiger partial charge in [0.1, 0.15) is 4.90 Å². The van der Waals surface area contributed by atoms with Crippen LogP contribution < -0.4 is 14.8 Å². The van der Waals surface area contributed by atoms with Crippen LogP contribution in [0.25, 0.3) is 0 Å². The molecule has 0 aromatic heterocycles. The minimum atomic E-state index is -4.07. The summed E-state index contributed by atoms with van der Waals surface area (Å²) in [6.45, 7) is 2.02. The molecule has 2 rings (SSSR count). The predicted octanol–water partition coefficient (Wildman–Crippen LogP) is 1.77. The third-order valence-corrected chi connectivity index (χ3v) is 4.72. The molecule has 0 bridgehead atoms. The highest BCUT2D eigenvalue weighted by Crippen LogP contribution is 2.37.